The molecule has 0 radical (unpaired) electrons. The van der Waals surface area contributed by atoms with Gasteiger partial charge in [-0.2, -0.15) is 22.5 Å². The van der Waals surface area contributed by atoms with Crippen LogP contribution in [0.4, 0.5) is 23.2 Å². The van der Waals surface area contributed by atoms with E-state index in [2.05, 4.69) is 4.98 Å². The number of nitrogens with zero attached hydrogens (tertiary/aromatic N) is 2. The van der Waals surface area contributed by atoms with Gasteiger partial charge in [0, 0.05) is 13.1 Å². The lowest BCUT2D eigenvalue weighted by Crippen LogP contribution is -2.31. The molecule has 6 heteroatoms. The van der Waals surface area contributed by atoms with Gasteiger partial charge in [0.15, 0.2) is 0 Å². The second-order valence-electron chi connectivity index (χ2n) is 4.22. The Bertz CT molecular complexity index is 404. The van der Waals surface area contributed by atoms with Gasteiger partial charge in [0.1, 0.15) is 5.69 Å². The van der Waals surface area contributed by atoms with Gasteiger partial charge < -0.3 is 4.90 Å². The number of halogens is 4. The summed E-state index contributed by atoms with van der Waals surface area (Å²) in [5.41, 5.74) is -0.665. The van der Waals surface area contributed by atoms with Crippen LogP contribution in [0.25, 0.3) is 0 Å². The molecule has 1 aromatic rings. The van der Waals surface area contributed by atoms with Gasteiger partial charge in [-0.05, 0) is 12.8 Å². The van der Waals surface area contributed by atoms with Gasteiger partial charge in [-0.3, -0.25) is 0 Å². The Morgan fingerprint density at radius 1 is 1.00 bits per heavy atom. The lowest BCUT2D eigenvalue weighted by molar-refractivity contribution is 0.404. The molecule has 1 saturated carbocycles. The van der Waals surface area contributed by atoms with Gasteiger partial charge in [0.25, 0.3) is 11.9 Å². The molecule has 17 heavy (non-hydrogen) atoms. The maximum atomic E-state index is 13.5. The standard InChI is InChI=1S/C11H12F4N2/c1-17(6-4-2-3-5-6)9-7(12)10(14)16-11(15)8(9)13/h6H,2-5H2,1H3. The third-order valence-electron chi connectivity index (χ3n) is 3.20. The van der Waals surface area contributed by atoms with E-state index in [0.29, 0.717) is 0 Å². The van der Waals surface area contributed by atoms with E-state index in [0.717, 1.165) is 25.7 Å². The second-order valence-corrected chi connectivity index (χ2v) is 4.22. The van der Waals surface area contributed by atoms with Crippen LogP contribution >= 0.6 is 0 Å². The first kappa shape index (κ1) is 12.1. The van der Waals surface area contributed by atoms with Gasteiger partial charge >= 0.3 is 0 Å². The van der Waals surface area contributed by atoms with E-state index in [-0.39, 0.29) is 6.04 Å². The summed E-state index contributed by atoms with van der Waals surface area (Å²) in [5, 5.41) is 0. The molecule has 0 amide bonds. The molecule has 0 bridgehead atoms. The van der Waals surface area contributed by atoms with Crippen LogP contribution < -0.4 is 4.90 Å². The molecule has 1 aliphatic carbocycles. The predicted molar refractivity (Wildman–Crippen MR) is 54.7 cm³/mol. The first-order valence-electron chi connectivity index (χ1n) is 5.45. The summed E-state index contributed by atoms with van der Waals surface area (Å²) in [5.74, 6) is -6.08. The van der Waals surface area contributed by atoms with Crippen molar-refractivity contribution in [1.29, 1.82) is 0 Å². The molecule has 0 atom stereocenters. The molecule has 1 fully saturated rings. The largest absolute Gasteiger partial charge is 0.367 e. The average molecular weight is 248 g/mol. The van der Waals surface area contributed by atoms with Crippen LogP contribution in [-0.4, -0.2) is 18.1 Å². The lowest BCUT2D eigenvalue weighted by Gasteiger charge is -2.27. The lowest BCUT2D eigenvalue weighted by atomic mass is 10.2. The van der Waals surface area contributed by atoms with Crippen molar-refractivity contribution in [3.05, 3.63) is 23.5 Å². The van der Waals surface area contributed by atoms with Crippen LogP contribution in [0.15, 0.2) is 0 Å². The van der Waals surface area contributed by atoms with Crippen molar-refractivity contribution in [2.45, 2.75) is 31.7 Å². The molecule has 1 aliphatic rings. The molecular weight excluding hydrogens is 236 g/mol. The molecular formula is C11H12F4N2. The molecule has 0 N–H and O–H groups in total. The Morgan fingerprint density at radius 2 is 1.47 bits per heavy atom. The zero-order chi connectivity index (χ0) is 12.6. The monoisotopic (exact) mass is 248 g/mol. The van der Waals surface area contributed by atoms with E-state index in [1.807, 2.05) is 0 Å². The highest BCUT2D eigenvalue weighted by atomic mass is 19.2. The first-order chi connectivity index (χ1) is 8.02. The molecule has 0 spiro atoms. The zero-order valence-corrected chi connectivity index (χ0v) is 9.31. The third kappa shape index (κ3) is 2.08. The summed E-state index contributed by atoms with van der Waals surface area (Å²) in [6.07, 6.45) is 3.43. The molecule has 2 rings (SSSR count). The van der Waals surface area contributed by atoms with E-state index >= 15 is 0 Å². The highest BCUT2D eigenvalue weighted by molar-refractivity contribution is 5.48. The molecule has 94 valence electrons. The first-order valence-corrected chi connectivity index (χ1v) is 5.45. The molecule has 2 nitrogen and oxygen atoms in total. The fraction of sp³-hybridized carbons (Fsp3) is 0.545. The molecule has 0 aromatic carbocycles. The normalized spacial score (nSPS) is 16.5. The highest BCUT2D eigenvalue weighted by Crippen LogP contribution is 2.31. The number of hydrogen-bond acceptors (Lipinski definition) is 2. The van der Waals surface area contributed by atoms with Crippen molar-refractivity contribution in [3.63, 3.8) is 0 Å². The van der Waals surface area contributed by atoms with Crippen LogP contribution in [0, 0.1) is 23.5 Å². The van der Waals surface area contributed by atoms with E-state index in [9.17, 15) is 17.6 Å². The maximum Gasteiger partial charge on any atom is 0.253 e. The number of rotatable bonds is 2. The Morgan fingerprint density at radius 3 is 1.94 bits per heavy atom. The van der Waals surface area contributed by atoms with Crippen molar-refractivity contribution in [1.82, 2.24) is 4.98 Å². The predicted octanol–water partition coefficient (Wildman–Crippen LogP) is 3.02. The second kappa shape index (κ2) is 4.50. The number of pyridine rings is 1. The van der Waals surface area contributed by atoms with Crippen molar-refractivity contribution in [2.75, 3.05) is 11.9 Å². The Labute approximate surface area is 96.3 Å². The highest BCUT2D eigenvalue weighted by Gasteiger charge is 2.28. The third-order valence-corrected chi connectivity index (χ3v) is 3.20. The smallest absolute Gasteiger partial charge is 0.253 e. The number of anilines is 1. The Balaban J connectivity index is 2.42. The zero-order valence-electron chi connectivity index (χ0n) is 9.31. The molecule has 0 aliphatic heterocycles. The van der Waals surface area contributed by atoms with Crippen LogP contribution in [0.2, 0.25) is 0 Å². The summed E-state index contributed by atoms with van der Waals surface area (Å²) >= 11 is 0. The summed E-state index contributed by atoms with van der Waals surface area (Å²) < 4.78 is 52.8. The van der Waals surface area contributed by atoms with Gasteiger partial charge in [0.2, 0.25) is 11.6 Å². The molecule has 0 saturated heterocycles. The minimum atomic E-state index is -1.61. The van der Waals surface area contributed by atoms with E-state index < -0.39 is 29.2 Å². The average Bonchev–Trinajstić information content (AvgIpc) is 2.80. The van der Waals surface area contributed by atoms with Gasteiger partial charge in [-0.15, -0.1) is 0 Å². The number of aromatic nitrogens is 1. The minimum Gasteiger partial charge on any atom is -0.367 e. The minimum absolute atomic E-state index is 0.0831. The molecule has 0 unspecified atom stereocenters. The number of hydrogen-bond donors (Lipinski definition) is 0. The van der Waals surface area contributed by atoms with Gasteiger partial charge in [0.05, 0.1) is 0 Å². The molecule has 1 heterocycles. The molecule has 1 aromatic heterocycles. The summed E-state index contributed by atoms with van der Waals surface area (Å²) in [7, 11) is 1.44. The topological polar surface area (TPSA) is 16.1 Å². The van der Waals surface area contributed by atoms with Crippen LogP contribution in [0.1, 0.15) is 25.7 Å². The van der Waals surface area contributed by atoms with Crippen molar-refractivity contribution >= 4 is 5.69 Å². The quantitative estimate of drug-likeness (QED) is 0.590. The maximum absolute atomic E-state index is 13.5. The van der Waals surface area contributed by atoms with E-state index in [1.165, 1.54) is 11.9 Å². The fourth-order valence-electron chi connectivity index (χ4n) is 2.26. The van der Waals surface area contributed by atoms with Crippen LogP contribution in [0.5, 0.6) is 0 Å². The van der Waals surface area contributed by atoms with Crippen LogP contribution in [-0.2, 0) is 0 Å². The fourth-order valence-corrected chi connectivity index (χ4v) is 2.26. The van der Waals surface area contributed by atoms with Gasteiger partial charge in [-0.25, -0.2) is 0 Å². The van der Waals surface area contributed by atoms with Crippen LogP contribution in [0.3, 0.4) is 0 Å². The van der Waals surface area contributed by atoms with Crippen molar-refractivity contribution in [3.8, 4) is 0 Å². The summed E-state index contributed by atoms with van der Waals surface area (Å²) in [6.45, 7) is 0. The van der Waals surface area contributed by atoms with Crippen molar-refractivity contribution < 1.29 is 17.6 Å². The Kier molecular flexibility index (Phi) is 3.22. The SMILES string of the molecule is CN(c1c(F)c(F)nc(F)c1F)C1CCCC1. The summed E-state index contributed by atoms with van der Waals surface area (Å²) in [4.78, 5) is 3.80. The summed E-state index contributed by atoms with van der Waals surface area (Å²) in [6, 6.07) is -0.0831. The van der Waals surface area contributed by atoms with Gasteiger partial charge in [-0.1, -0.05) is 12.8 Å². The van der Waals surface area contributed by atoms with Crippen molar-refractivity contribution in [2.24, 2.45) is 0 Å². The Hall–Kier alpha value is -1.33. The van der Waals surface area contributed by atoms with E-state index in [1.54, 1.807) is 0 Å². The van der Waals surface area contributed by atoms with E-state index in [4.69, 9.17) is 0 Å².